The molecule has 30 heavy (non-hydrogen) atoms. The molecule has 2 aromatic carbocycles. The van der Waals surface area contributed by atoms with Gasteiger partial charge in [0.1, 0.15) is 11.6 Å². The molecule has 162 valence electrons. The second-order valence-corrected chi connectivity index (χ2v) is 8.55. The van der Waals surface area contributed by atoms with Crippen molar-refractivity contribution in [2.24, 2.45) is 0 Å². The fraction of sp³-hybridized carbons (Fsp3) is 0.261. The second kappa shape index (κ2) is 10.8. The maximum atomic E-state index is 12.5. The molecule has 0 radical (unpaired) electrons. The van der Waals surface area contributed by atoms with E-state index in [1.807, 2.05) is 13.8 Å². The maximum Gasteiger partial charge on any atom is 0.264 e. The average Bonchev–Trinajstić information content (AvgIpc) is 2.66. The summed E-state index contributed by atoms with van der Waals surface area (Å²) in [4.78, 5) is 12.0. The lowest BCUT2D eigenvalue weighted by atomic mass is 10.1. The number of sulfonamides is 1. The molecule has 1 amide bonds. The van der Waals surface area contributed by atoms with Crippen LogP contribution in [0.15, 0.2) is 65.1 Å². The van der Waals surface area contributed by atoms with Crippen molar-refractivity contribution >= 4 is 21.5 Å². The number of hydrogen-bond acceptors (Lipinski definition) is 3. The maximum absolute atomic E-state index is 12.5. The van der Waals surface area contributed by atoms with E-state index in [1.165, 1.54) is 18.2 Å². The van der Waals surface area contributed by atoms with E-state index in [0.717, 1.165) is 11.6 Å². The van der Waals surface area contributed by atoms with E-state index in [-0.39, 0.29) is 4.90 Å². The van der Waals surface area contributed by atoms with Crippen molar-refractivity contribution in [2.45, 2.75) is 45.9 Å². The lowest BCUT2D eigenvalue weighted by Crippen LogP contribution is -2.32. The molecule has 4 nitrogen and oxygen atoms in total. The van der Waals surface area contributed by atoms with Gasteiger partial charge >= 0.3 is 0 Å². The molecule has 2 rings (SSSR count). The topological polar surface area (TPSA) is 63.2 Å². The highest BCUT2D eigenvalue weighted by atomic mass is 32.2. The number of allylic oxidation sites excluding steroid dienone is 2. The van der Waals surface area contributed by atoms with Crippen LogP contribution in [0.5, 0.6) is 0 Å². The van der Waals surface area contributed by atoms with Gasteiger partial charge in [-0.25, -0.2) is 21.9 Å². The van der Waals surface area contributed by atoms with E-state index in [1.54, 1.807) is 39.0 Å². The van der Waals surface area contributed by atoms with Gasteiger partial charge in [-0.1, -0.05) is 42.8 Å². The van der Waals surface area contributed by atoms with Gasteiger partial charge < -0.3 is 0 Å². The zero-order chi connectivity index (χ0) is 23.1. The fourth-order valence-electron chi connectivity index (χ4n) is 2.37. The monoisotopic (exact) mass is 435 g/mol. The number of amides is 1. The molecule has 7 heteroatoms. The molecule has 0 unspecified atom stereocenters. The highest BCUT2D eigenvalue weighted by Gasteiger charge is 2.20. The first kappa shape index (κ1) is 25.2. The number of rotatable bonds is 5. The summed E-state index contributed by atoms with van der Waals surface area (Å²) in [5.41, 5.74) is 3.08. The molecule has 0 spiro atoms. The molecule has 0 fully saturated rings. The Morgan fingerprint density at radius 3 is 2.03 bits per heavy atom. The van der Waals surface area contributed by atoms with Crippen LogP contribution in [0, 0.1) is 18.6 Å². The first-order chi connectivity index (χ1) is 13.9. The smallest absolute Gasteiger partial charge is 0.264 e. The Hall–Kier alpha value is -2.80. The predicted octanol–water partition coefficient (Wildman–Crippen LogP) is 5.54. The molecule has 0 aromatic heterocycles. The second-order valence-electron chi connectivity index (χ2n) is 6.90. The first-order valence-electron chi connectivity index (χ1n) is 9.30. The summed E-state index contributed by atoms with van der Waals surface area (Å²) in [5.74, 6) is -1.70. The molecule has 1 N–H and O–H groups in total. The Morgan fingerprint density at radius 2 is 1.57 bits per heavy atom. The van der Waals surface area contributed by atoms with E-state index >= 15 is 0 Å². The normalized spacial score (nSPS) is 11.7. The minimum atomic E-state index is -3.81. The highest BCUT2D eigenvalue weighted by molar-refractivity contribution is 7.90. The average molecular weight is 436 g/mol. The van der Waals surface area contributed by atoms with Gasteiger partial charge in [-0.05, 0) is 63.4 Å². The van der Waals surface area contributed by atoms with Crippen molar-refractivity contribution in [1.82, 2.24) is 4.72 Å². The molecule has 0 saturated carbocycles. The Bertz CT molecular complexity index is 1050. The third-order valence-electron chi connectivity index (χ3n) is 4.48. The lowest BCUT2D eigenvalue weighted by molar-refractivity contribution is -0.115. The van der Waals surface area contributed by atoms with Crippen LogP contribution in [-0.4, -0.2) is 14.3 Å². The summed E-state index contributed by atoms with van der Waals surface area (Å²) in [5, 5.41) is 0. The molecule has 0 bridgehead atoms. The molecule has 0 aliphatic rings. The minimum Gasteiger partial charge on any atom is -0.269 e. The molecule has 0 saturated heterocycles. The third-order valence-corrected chi connectivity index (χ3v) is 5.97. The minimum absolute atomic E-state index is 0.130. The highest BCUT2D eigenvalue weighted by Crippen LogP contribution is 2.16. The standard InChI is InChI=1S/C14H19NO3S.C9H8F2/c1-5-10(2)12(4)14(16)15-19(17,18)13-9-7-6-8-11(13)3;1-6(2)7-3-8(10)5-9(11)4-7/h6-9H,5H2,1-4H3,(H,15,16);3-5H,1H2,2H3/b12-10-;. The van der Waals surface area contributed by atoms with Crippen LogP contribution in [0.1, 0.15) is 45.2 Å². The number of carbonyl (C=O) groups excluding carboxylic acids is 1. The van der Waals surface area contributed by atoms with E-state index in [0.29, 0.717) is 28.7 Å². The Morgan fingerprint density at radius 1 is 1.03 bits per heavy atom. The Balaban J connectivity index is 0.000000346. The fourth-order valence-corrected chi connectivity index (χ4v) is 3.63. The van der Waals surface area contributed by atoms with Crippen LogP contribution in [0.3, 0.4) is 0 Å². The van der Waals surface area contributed by atoms with Crippen molar-refractivity contribution in [2.75, 3.05) is 0 Å². The van der Waals surface area contributed by atoms with Gasteiger partial charge in [0.15, 0.2) is 0 Å². The van der Waals surface area contributed by atoms with Gasteiger partial charge in [0.25, 0.3) is 15.9 Å². The van der Waals surface area contributed by atoms with Gasteiger partial charge in [0.05, 0.1) is 4.90 Å². The Labute approximate surface area is 177 Å². The number of halogens is 2. The van der Waals surface area contributed by atoms with Gasteiger partial charge in [-0.2, -0.15) is 0 Å². The van der Waals surface area contributed by atoms with Crippen LogP contribution in [0.2, 0.25) is 0 Å². The van der Waals surface area contributed by atoms with Gasteiger partial charge in [-0.3, -0.25) is 4.79 Å². The summed E-state index contributed by atoms with van der Waals surface area (Å²) in [6.07, 6.45) is 0.712. The van der Waals surface area contributed by atoms with Gasteiger partial charge in [0.2, 0.25) is 0 Å². The van der Waals surface area contributed by atoms with E-state index in [4.69, 9.17) is 0 Å². The predicted molar refractivity (Wildman–Crippen MR) is 116 cm³/mol. The quantitative estimate of drug-likeness (QED) is 0.627. The van der Waals surface area contributed by atoms with Crippen LogP contribution in [0.4, 0.5) is 8.78 Å². The van der Waals surface area contributed by atoms with Crippen LogP contribution >= 0.6 is 0 Å². The molecule has 0 atom stereocenters. The molecule has 0 heterocycles. The van der Waals surface area contributed by atoms with Gasteiger partial charge in [-0.15, -0.1) is 0 Å². The van der Waals surface area contributed by atoms with Gasteiger partial charge in [0, 0.05) is 11.6 Å². The number of carbonyl (C=O) groups is 1. The summed E-state index contributed by atoms with van der Waals surface area (Å²) >= 11 is 0. The number of nitrogens with one attached hydrogen (secondary N) is 1. The van der Waals surface area contributed by atoms with Crippen LogP contribution in [-0.2, 0) is 14.8 Å². The van der Waals surface area contributed by atoms with Crippen molar-refractivity contribution < 1.29 is 22.0 Å². The van der Waals surface area contributed by atoms with Crippen molar-refractivity contribution in [3.63, 3.8) is 0 Å². The molecular weight excluding hydrogens is 408 g/mol. The lowest BCUT2D eigenvalue weighted by Gasteiger charge is -2.10. The SMILES string of the molecule is C=C(C)c1cc(F)cc(F)c1.CC/C(C)=C(/C)C(=O)NS(=O)(=O)c1ccccc1C. The van der Waals surface area contributed by atoms with Crippen molar-refractivity contribution in [3.8, 4) is 0 Å². The van der Waals surface area contributed by atoms with E-state index in [2.05, 4.69) is 11.3 Å². The van der Waals surface area contributed by atoms with Crippen molar-refractivity contribution in [1.29, 1.82) is 0 Å². The largest absolute Gasteiger partial charge is 0.269 e. The third kappa shape index (κ3) is 7.22. The zero-order valence-electron chi connectivity index (χ0n) is 17.8. The molecular formula is C23H27F2NO3S. The number of benzene rings is 2. The molecule has 2 aromatic rings. The van der Waals surface area contributed by atoms with Crippen LogP contribution in [0.25, 0.3) is 5.57 Å². The van der Waals surface area contributed by atoms with Crippen LogP contribution < -0.4 is 4.72 Å². The molecule has 0 aliphatic carbocycles. The number of aryl methyl sites for hydroxylation is 1. The number of hydrogen-bond donors (Lipinski definition) is 1. The summed E-state index contributed by atoms with van der Waals surface area (Å²) in [7, 11) is -3.81. The summed E-state index contributed by atoms with van der Waals surface area (Å²) < 4.78 is 51.4. The van der Waals surface area contributed by atoms with Crippen molar-refractivity contribution in [3.05, 3.63) is 83.0 Å². The summed E-state index contributed by atoms with van der Waals surface area (Å²) in [6.45, 7) is 12.3. The first-order valence-corrected chi connectivity index (χ1v) is 10.8. The molecule has 0 aliphatic heterocycles. The summed E-state index contributed by atoms with van der Waals surface area (Å²) in [6, 6.07) is 9.91. The zero-order valence-corrected chi connectivity index (χ0v) is 18.7. The Kier molecular flexibility index (Phi) is 9.11. The van der Waals surface area contributed by atoms with E-state index < -0.39 is 27.6 Å². The van der Waals surface area contributed by atoms with E-state index in [9.17, 15) is 22.0 Å².